The van der Waals surface area contributed by atoms with Crippen LogP contribution >= 0.6 is 23.2 Å². The van der Waals surface area contributed by atoms with Crippen molar-refractivity contribution >= 4 is 31.5 Å². The zero-order valence-corrected chi connectivity index (χ0v) is 9.58. The molecule has 0 atom stereocenters. The second-order valence-corrected chi connectivity index (χ2v) is 8.34. The zero-order chi connectivity index (χ0) is 9.07. The van der Waals surface area contributed by atoms with Gasteiger partial charge in [-0.25, -0.2) is 0 Å². The third-order valence-electron chi connectivity index (χ3n) is 0.739. The maximum absolute atomic E-state index is 5.47. The SMILES string of the molecule is COC(O[Si](C)(C)C)=C(Cl)Cl. The van der Waals surface area contributed by atoms with Crippen molar-refractivity contribution in [2.45, 2.75) is 19.6 Å². The van der Waals surface area contributed by atoms with Gasteiger partial charge in [-0.1, -0.05) is 23.2 Å². The number of halogens is 2. The Labute approximate surface area is 78.2 Å². The van der Waals surface area contributed by atoms with Gasteiger partial charge in [0.25, 0.3) is 5.95 Å². The quantitative estimate of drug-likeness (QED) is 0.532. The summed E-state index contributed by atoms with van der Waals surface area (Å²) in [7, 11) is -0.183. The average Bonchev–Trinajstić information content (AvgIpc) is 1.80. The van der Waals surface area contributed by atoms with E-state index in [9.17, 15) is 0 Å². The van der Waals surface area contributed by atoms with Gasteiger partial charge in [0.1, 0.15) is 0 Å². The molecule has 0 radical (unpaired) electrons. The predicted octanol–water partition coefficient (Wildman–Crippen LogP) is 3.09. The first-order valence-corrected chi connectivity index (χ1v) is 7.31. The summed E-state index contributed by atoms with van der Waals surface area (Å²) in [6.45, 7) is 6.05. The second kappa shape index (κ2) is 4.23. The van der Waals surface area contributed by atoms with Crippen LogP contribution in [0, 0.1) is 0 Å². The Hall–Kier alpha value is 0.137. The van der Waals surface area contributed by atoms with Crippen molar-refractivity contribution < 1.29 is 9.16 Å². The average molecular weight is 215 g/mol. The highest BCUT2D eigenvalue weighted by Gasteiger charge is 2.19. The summed E-state index contributed by atoms with van der Waals surface area (Å²) in [6.07, 6.45) is 0. The number of ether oxygens (including phenoxy) is 1. The van der Waals surface area contributed by atoms with Crippen LogP contribution in [0.25, 0.3) is 0 Å². The lowest BCUT2D eigenvalue weighted by atomic mass is 11.0. The summed E-state index contributed by atoms with van der Waals surface area (Å²) in [5.74, 6) is 0.215. The molecule has 0 aliphatic heterocycles. The molecule has 0 unspecified atom stereocenters. The Kier molecular flexibility index (Phi) is 4.29. The molecule has 0 spiro atoms. The third-order valence-corrected chi connectivity index (χ3v) is 1.84. The molecule has 0 saturated carbocycles. The van der Waals surface area contributed by atoms with Crippen molar-refractivity contribution in [2.24, 2.45) is 0 Å². The summed E-state index contributed by atoms with van der Waals surface area (Å²) in [5, 5.41) is 0. The van der Waals surface area contributed by atoms with E-state index < -0.39 is 8.32 Å². The van der Waals surface area contributed by atoms with E-state index in [0.29, 0.717) is 0 Å². The highest BCUT2D eigenvalue weighted by Crippen LogP contribution is 2.19. The fourth-order valence-electron chi connectivity index (χ4n) is 0.435. The molecule has 0 amide bonds. The highest BCUT2D eigenvalue weighted by atomic mass is 35.5. The molecule has 2 nitrogen and oxygen atoms in total. The van der Waals surface area contributed by atoms with Gasteiger partial charge in [-0.3, -0.25) is 0 Å². The maximum Gasteiger partial charge on any atom is 0.296 e. The Balaban J connectivity index is 4.23. The van der Waals surface area contributed by atoms with Gasteiger partial charge in [0.05, 0.1) is 7.11 Å². The van der Waals surface area contributed by atoms with E-state index in [2.05, 4.69) is 0 Å². The van der Waals surface area contributed by atoms with Crippen molar-refractivity contribution in [3.8, 4) is 0 Å². The molecule has 0 rings (SSSR count). The van der Waals surface area contributed by atoms with Crippen LogP contribution in [0.3, 0.4) is 0 Å². The Morgan fingerprint density at radius 3 is 1.73 bits per heavy atom. The molecule has 0 aromatic heterocycles. The zero-order valence-electron chi connectivity index (χ0n) is 7.07. The van der Waals surface area contributed by atoms with Crippen LogP contribution in [-0.4, -0.2) is 15.4 Å². The lowest BCUT2D eigenvalue weighted by molar-refractivity contribution is 0.147. The van der Waals surface area contributed by atoms with Crippen molar-refractivity contribution in [1.29, 1.82) is 0 Å². The van der Waals surface area contributed by atoms with Crippen LogP contribution in [0.2, 0.25) is 19.6 Å². The fourth-order valence-corrected chi connectivity index (χ4v) is 1.54. The Morgan fingerprint density at radius 1 is 1.18 bits per heavy atom. The van der Waals surface area contributed by atoms with E-state index in [4.69, 9.17) is 32.4 Å². The predicted molar refractivity (Wildman–Crippen MR) is 50.2 cm³/mol. The molecular weight excluding hydrogens is 203 g/mol. The minimum atomic E-state index is -1.66. The summed E-state index contributed by atoms with van der Waals surface area (Å²) in [5.41, 5.74) is 0. The smallest absolute Gasteiger partial charge is 0.296 e. The van der Waals surface area contributed by atoms with Gasteiger partial charge in [-0.2, -0.15) is 0 Å². The van der Waals surface area contributed by atoms with Gasteiger partial charge in [0.15, 0.2) is 4.49 Å². The second-order valence-electron chi connectivity index (χ2n) is 2.97. The lowest BCUT2D eigenvalue weighted by Crippen LogP contribution is -2.25. The molecule has 0 fully saturated rings. The van der Waals surface area contributed by atoms with Crippen molar-refractivity contribution in [3.63, 3.8) is 0 Å². The molecule has 0 aromatic rings. The van der Waals surface area contributed by atoms with Crippen LogP contribution in [-0.2, 0) is 9.16 Å². The Bertz CT molecular complexity index is 158. The number of hydrogen-bond donors (Lipinski definition) is 0. The van der Waals surface area contributed by atoms with Crippen LogP contribution in [0.1, 0.15) is 0 Å². The van der Waals surface area contributed by atoms with Gasteiger partial charge >= 0.3 is 0 Å². The summed E-state index contributed by atoms with van der Waals surface area (Å²) in [6, 6.07) is 0. The monoisotopic (exact) mass is 214 g/mol. The first-order chi connectivity index (χ1) is 4.87. The number of hydrogen-bond acceptors (Lipinski definition) is 2. The van der Waals surface area contributed by atoms with Gasteiger partial charge in [-0.05, 0) is 19.6 Å². The first-order valence-electron chi connectivity index (χ1n) is 3.15. The highest BCUT2D eigenvalue weighted by molar-refractivity contribution is 6.70. The molecule has 0 aliphatic carbocycles. The van der Waals surface area contributed by atoms with E-state index in [-0.39, 0.29) is 10.4 Å². The van der Waals surface area contributed by atoms with Crippen LogP contribution < -0.4 is 0 Å². The van der Waals surface area contributed by atoms with Gasteiger partial charge in [-0.15, -0.1) is 0 Å². The molecule has 5 heteroatoms. The van der Waals surface area contributed by atoms with Gasteiger partial charge in [0, 0.05) is 0 Å². The molecule has 0 N–H and O–H groups in total. The summed E-state index contributed by atoms with van der Waals surface area (Å²) < 4.78 is 10.2. The third kappa shape index (κ3) is 5.41. The normalized spacial score (nSPS) is 10.7. The molecule has 0 aromatic carbocycles. The minimum Gasteiger partial charge on any atom is -0.518 e. The molecule has 66 valence electrons. The van der Waals surface area contributed by atoms with Crippen LogP contribution in [0.4, 0.5) is 0 Å². The minimum absolute atomic E-state index is 0.0370. The van der Waals surface area contributed by atoms with Crippen molar-refractivity contribution in [1.82, 2.24) is 0 Å². The van der Waals surface area contributed by atoms with Gasteiger partial charge < -0.3 is 9.16 Å². The van der Waals surface area contributed by atoms with E-state index in [1.54, 1.807) is 0 Å². The molecule has 11 heavy (non-hydrogen) atoms. The molecule has 0 aliphatic rings. The molecule has 0 heterocycles. The van der Waals surface area contributed by atoms with E-state index in [0.717, 1.165) is 0 Å². The summed E-state index contributed by atoms with van der Waals surface area (Å²) >= 11 is 10.9. The maximum atomic E-state index is 5.47. The molecular formula is C6H12Cl2O2Si. The summed E-state index contributed by atoms with van der Waals surface area (Å²) in [4.78, 5) is 0. The first kappa shape index (κ1) is 11.1. The van der Waals surface area contributed by atoms with Crippen LogP contribution in [0.15, 0.2) is 10.4 Å². The molecule has 0 saturated heterocycles. The topological polar surface area (TPSA) is 18.5 Å². The lowest BCUT2D eigenvalue weighted by Gasteiger charge is -2.19. The van der Waals surface area contributed by atoms with Crippen molar-refractivity contribution in [2.75, 3.05) is 7.11 Å². The van der Waals surface area contributed by atoms with E-state index in [1.807, 2.05) is 19.6 Å². The molecule has 0 bridgehead atoms. The fraction of sp³-hybridized carbons (Fsp3) is 0.667. The van der Waals surface area contributed by atoms with E-state index in [1.165, 1.54) is 7.11 Å². The Morgan fingerprint density at radius 2 is 1.64 bits per heavy atom. The number of methoxy groups -OCH3 is 1. The van der Waals surface area contributed by atoms with Crippen LogP contribution in [0.5, 0.6) is 0 Å². The standard InChI is InChI=1S/C6H12Cl2O2Si/c1-9-6(5(7)8)10-11(2,3)4/h1-4H3. The largest absolute Gasteiger partial charge is 0.518 e. The van der Waals surface area contributed by atoms with Gasteiger partial charge in [0.2, 0.25) is 8.32 Å². The van der Waals surface area contributed by atoms with E-state index >= 15 is 0 Å². The number of rotatable bonds is 3. The van der Waals surface area contributed by atoms with Crippen molar-refractivity contribution in [3.05, 3.63) is 10.4 Å².